The second-order valence-corrected chi connectivity index (χ2v) is 5.65. The Bertz CT molecular complexity index is 386. The highest BCUT2D eigenvalue weighted by molar-refractivity contribution is 5.49. The van der Waals surface area contributed by atoms with Crippen molar-refractivity contribution in [3.05, 3.63) is 18.2 Å². The molecule has 0 bridgehead atoms. The predicted molar refractivity (Wildman–Crippen MR) is 77.9 cm³/mol. The maximum atomic E-state index is 9.73. The van der Waals surface area contributed by atoms with E-state index in [0.717, 1.165) is 12.8 Å². The number of hydrogen-bond acceptors (Lipinski definition) is 3. The number of rotatable bonds is 8. The Kier molecular flexibility index (Phi) is 6.00. The first-order valence-electron chi connectivity index (χ1n) is 7.16. The van der Waals surface area contributed by atoms with E-state index in [1.54, 1.807) is 12.1 Å². The molecule has 0 atom stereocenters. The van der Waals surface area contributed by atoms with Gasteiger partial charge in [0.2, 0.25) is 5.75 Å². The number of unbranched alkanes of at least 4 members (excludes halogenated alkanes) is 4. The maximum Gasteiger partial charge on any atom is 0.200 e. The molecule has 0 aliphatic rings. The summed E-state index contributed by atoms with van der Waals surface area (Å²) >= 11 is 0. The summed E-state index contributed by atoms with van der Waals surface area (Å²) in [6.07, 6.45) is 7.07. The molecule has 3 heteroatoms. The van der Waals surface area contributed by atoms with Crippen molar-refractivity contribution >= 4 is 0 Å². The summed E-state index contributed by atoms with van der Waals surface area (Å²) in [5.41, 5.74) is -0.336. The average molecular weight is 266 g/mol. The number of benzene rings is 1. The minimum absolute atomic E-state index is 0.142. The Morgan fingerprint density at radius 1 is 1.05 bits per heavy atom. The molecule has 0 saturated carbocycles. The molecule has 0 aliphatic heterocycles. The van der Waals surface area contributed by atoms with Gasteiger partial charge in [0.1, 0.15) is 5.60 Å². The zero-order valence-corrected chi connectivity index (χ0v) is 12.3. The fourth-order valence-electron chi connectivity index (χ4n) is 2.10. The first-order valence-corrected chi connectivity index (χ1v) is 7.16. The lowest BCUT2D eigenvalue weighted by molar-refractivity contribution is 0.0916. The van der Waals surface area contributed by atoms with E-state index in [0.29, 0.717) is 5.75 Å². The van der Waals surface area contributed by atoms with Gasteiger partial charge in [-0.25, -0.2) is 0 Å². The number of ether oxygens (including phenoxy) is 1. The molecule has 0 amide bonds. The van der Waals surface area contributed by atoms with Gasteiger partial charge in [-0.15, -0.1) is 0 Å². The Morgan fingerprint density at radius 3 is 2.42 bits per heavy atom. The van der Waals surface area contributed by atoms with E-state index in [1.165, 1.54) is 31.7 Å². The van der Waals surface area contributed by atoms with Crippen LogP contribution in [0, 0.1) is 0 Å². The molecule has 0 aliphatic carbocycles. The van der Waals surface area contributed by atoms with E-state index in [-0.39, 0.29) is 17.1 Å². The van der Waals surface area contributed by atoms with Crippen LogP contribution in [0.2, 0.25) is 0 Å². The highest BCUT2D eigenvalue weighted by atomic mass is 16.5. The Hall–Kier alpha value is -1.38. The van der Waals surface area contributed by atoms with E-state index in [1.807, 2.05) is 13.8 Å². The number of aromatic hydroxyl groups is 2. The first kappa shape index (κ1) is 15.7. The smallest absolute Gasteiger partial charge is 0.200 e. The van der Waals surface area contributed by atoms with Crippen LogP contribution in [0.4, 0.5) is 0 Å². The SMILES string of the molecule is CCCCCCCC(C)(C)Oc1cccc(O)c1O. The highest BCUT2D eigenvalue weighted by Gasteiger charge is 2.21. The Morgan fingerprint density at radius 2 is 1.74 bits per heavy atom. The van der Waals surface area contributed by atoms with Crippen molar-refractivity contribution in [3.8, 4) is 17.2 Å². The Balaban J connectivity index is 2.47. The molecule has 0 radical (unpaired) electrons. The van der Waals surface area contributed by atoms with Gasteiger partial charge in [0.05, 0.1) is 0 Å². The molecule has 2 N–H and O–H groups in total. The minimum Gasteiger partial charge on any atom is -0.504 e. The largest absolute Gasteiger partial charge is 0.504 e. The number of para-hydroxylation sites is 1. The summed E-state index contributed by atoms with van der Waals surface area (Å²) in [6, 6.07) is 4.79. The van der Waals surface area contributed by atoms with Crippen LogP contribution in [0.5, 0.6) is 17.2 Å². The molecular formula is C16H26O3. The van der Waals surface area contributed by atoms with Crippen LogP contribution < -0.4 is 4.74 Å². The van der Waals surface area contributed by atoms with Crippen molar-refractivity contribution in [2.75, 3.05) is 0 Å². The molecule has 0 fully saturated rings. The van der Waals surface area contributed by atoms with Crippen molar-refractivity contribution in [1.29, 1.82) is 0 Å². The molecule has 1 rings (SSSR count). The number of phenols is 2. The van der Waals surface area contributed by atoms with Gasteiger partial charge in [0.25, 0.3) is 0 Å². The molecule has 19 heavy (non-hydrogen) atoms. The summed E-state index contributed by atoms with van der Waals surface area (Å²) in [5.74, 6) is 0.0244. The third-order valence-electron chi connectivity index (χ3n) is 3.25. The van der Waals surface area contributed by atoms with Gasteiger partial charge in [0.15, 0.2) is 11.5 Å². The molecule has 0 saturated heterocycles. The van der Waals surface area contributed by atoms with Crippen LogP contribution in [0.15, 0.2) is 18.2 Å². The Labute approximate surface area is 116 Å². The third kappa shape index (κ3) is 5.41. The van der Waals surface area contributed by atoms with Crippen molar-refractivity contribution < 1.29 is 14.9 Å². The topological polar surface area (TPSA) is 49.7 Å². The molecule has 108 valence electrons. The standard InChI is InChI=1S/C16H26O3/c1-4-5-6-7-8-12-16(2,3)19-14-11-9-10-13(17)15(14)18/h9-11,17-18H,4-8,12H2,1-3H3. The van der Waals surface area contributed by atoms with Gasteiger partial charge < -0.3 is 14.9 Å². The van der Waals surface area contributed by atoms with E-state index in [9.17, 15) is 10.2 Å². The van der Waals surface area contributed by atoms with E-state index in [4.69, 9.17) is 4.74 Å². The summed E-state index contributed by atoms with van der Waals surface area (Å²) in [6.45, 7) is 6.23. The summed E-state index contributed by atoms with van der Waals surface area (Å²) < 4.78 is 5.81. The lowest BCUT2D eigenvalue weighted by Crippen LogP contribution is -2.28. The third-order valence-corrected chi connectivity index (χ3v) is 3.25. The van der Waals surface area contributed by atoms with E-state index in [2.05, 4.69) is 6.92 Å². The fraction of sp³-hybridized carbons (Fsp3) is 0.625. The molecule has 0 aromatic heterocycles. The summed E-state index contributed by atoms with van der Waals surface area (Å²) in [5, 5.41) is 19.2. The van der Waals surface area contributed by atoms with Crippen molar-refractivity contribution in [1.82, 2.24) is 0 Å². The second-order valence-electron chi connectivity index (χ2n) is 5.65. The lowest BCUT2D eigenvalue weighted by Gasteiger charge is -2.27. The zero-order valence-electron chi connectivity index (χ0n) is 12.3. The maximum absolute atomic E-state index is 9.73. The van der Waals surface area contributed by atoms with Gasteiger partial charge in [0, 0.05) is 0 Å². The first-order chi connectivity index (χ1) is 8.96. The molecule has 0 unspecified atom stereocenters. The molecule has 0 spiro atoms. The van der Waals surface area contributed by atoms with Gasteiger partial charge in [-0.2, -0.15) is 0 Å². The van der Waals surface area contributed by atoms with Crippen molar-refractivity contribution in [3.63, 3.8) is 0 Å². The molecule has 3 nitrogen and oxygen atoms in total. The normalized spacial score (nSPS) is 11.5. The summed E-state index contributed by atoms with van der Waals surface area (Å²) in [4.78, 5) is 0. The van der Waals surface area contributed by atoms with Crippen molar-refractivity contribution in [2.24, 2.45) is 0 Å². The quantitative estimate of drug-likeness (QED) is 0.533. The van der Waals surface area contributed by atoms with Crippen LogP contribution in [-0.4, -0.2) is 15.8 Å². The van der Waals surface area contributed by atoms with Gasteiger partial charge in [-0.05, 0) is 38.8 Å². The van der Waals surface area contributed by atoms with Gasteiger partial charge >= 0.3 is 0 Å². The lowest BCUT2D eigenvalue weighted by atomic mass is 9.99. The predicted octanol–water partition coefficient (Wildman–Crippen LogP) is 4.62. The highest BCUT2D eigenvalue weighted by Crippen LogP contribution is 2.37. The van der Waals surface area contributed by atoms with Gasteiger partial charge in [-0.3, -0.25) is 0 Å². The average Bonchev–Trinajstić information content (AvgIpc) is 2.34. The van der Waals surface area contributed by atoms with Crippen LogP contribution >= 0.6 is 0 Å². The second kappa shape index (κ2) is 7.27. The number of phenolic OH excluding ortho intramolecular Hbond substituents is 2. The van der Waals surface area contributed by atoms with Gasteiger partial charge in [-0.1, -0.05) is 38.7 Å². The van der Waals surface area contributed by atoms with Crippen LogP contribution in [-0.2, 0) is 0 Å². The zero-order chi connectivity index (χ0) is 14.3. The van der Waals surface area contributed by atoms with Crippen LogP contribution in [0.3, 0.4) is 0 Å². The number of hydrogen-bond donors (Lipinski definition) is 2. The molecule has 1 aromatic carbocycles. The van der Waals surface area contributed by atoms with E-state index < -0.39 is 0 Å². The van der Waals surface area contributed by atoms with E-state index >= 15 is 0 Å². The van der Waals surface area contributed by atoms with Crippen molar-refractivity contribution in [2.45, 2.75) is 64.9 Å². The molecular weight excluding hydrogens is 240 g/mol. The molecule has 1 aromatic rings. The van der Waals surface area contributed by atoms with Crippen LogP contribution in [0.1, 0.15) is 59.3 Å². The van der Waals surface area contributed by atoms with Crippen LogP contribution in [0.25, 0.3) is 0 Å². The summed E-state index contributed by atoms with van der Waals surface area (Å²) in [7, 11) is 0. The fourth-order valence-corrected chi connectivity index (χ4v) is 2.10. The minimum atomic E-state index is -0.336. The monoisotopic (exact) mass is 266 g/mol. The molecule has 0 heterocycles.